The average Bonchev–Trinajstić information content (AvgIpc) is 3.12. The molecule has 1 unspecified atom stereocenters. The van der Waals surface area contributed by atoms with Gasteiger partial charge in [-0.2, -0.15) is 0 Å². The number of nitrogens with one attached hydrogen (secondary N) is 2. The van der Waals surface area contributed by atoms with Gasteiger partial charge in [-0.05, 0) is 61.9 Å². The van der Waals surface area contributed by atoms with Gasteiger partial charge in [0.15, 0.2) is 0 Å². The molecule has 0 radical (unpaired) electrons. The highest BCUT2D eigenvalue weighted by molar-refractivity contribution is 5.95. The molecule has 5 nitrogen and oxygen atoms in total. The van der Waals surface area contributed by atoms with Gasteiger partial charge in [-0.15, -0.1) is 0 Å². The standard InChI is InChI=1S/C19H25N3O2/c23-17-2-1-11-22(17)15-5-3-14(4-6-15)13-21-18(24)16-12-19(16)7-9-20-10-8-19/h3-6,16,20H,1-2,7-13H2,(H,21,24). The van der Waals surface area contributed by atoms with Crippen molar-refractivity contribution in [3.63, 3.8) is 0 Å². The smallest absolute Gasteiger partial charge is 0.227 e. The van der Waals surface area contributed by atoms with Crippen LogP contribution in [-0.2, 0) is 16.1 Å². The first-order chi connectivity index (χ1) is 11.7. The second kappa shape index (κ2) is 6.20. The SMILES string of the molecule is O=C(NCc1ccc(N2CCCC2=O)cc1)C1CC12CCNCC2. The lowest BCUT2D eigenvalue weighted by atomic mass is 9.92. The molecule has 3 fully saturated rings. The summed E-state index contributed by atoms with van der Waals surface area (Å²) in [4.78, 5) is 26.0. The molecule has 1 saturated carbocycles. The first-order valence-electron chi connectivity index (χ1n) is 9.06. The quantitative estimate of drug-likeness (QED) is 0.887. The van der Waals surface area contributed by atoms with Crippen LogP contribution in [0.1, 0.15) is 37.7 Å². The van der Waals surface area contributed by atoms with E-state index in [-0.39, 0.29) is 23.1 Å². The molecule has 4 rings (SSSR count). The molecule has 2 saturated heterocycles. The minimum Gasteiger partial charge on any atom is -0.352 e. The van der Waals surface area contributed by atoms with Gasteiger partial charge in [0.1, 0.15) is 0 Å². The maximum absolute atomic E-state index is 12.4. The topological polar surface area (TPSA) is 61.4 Å². The van der Waals surface area contributed by atoms with Crippen molar-refractivity contribution in [2.45, 2.75) is 38.6 Å². The molecule has 1 spiro atoms. The largest absolute Gasteiger partial charge is 0.352 e. The van der Waals surface area contributed by atoms with Gasteiger partial charge in [0.05, 0.1) is 0 Å². The van der Waals surface area contributed by atoms with Crippen LogP contribution in [0.3, 0.4) is 0 Å². The molecular weight excluding hydrogens is 302 g/mol. The highest BCUT2D eigenvalue weighted by Gasteiger charge is 2.57. The highest BCUT2D eigenvalue weighted by Crippen LogP contribution is 2.58. The molecule has 3 aliphatic rings. The van der Waals surface area contributed by atoms with Gasteiger partial charge in [0.2, 0.25) is 11.8 Å². The number of hydrogen-bond donors (Lipinski definition) is 2. The fourth-order valence-corrected chi connectivity index (χ4v) is 4.22. The monoisotopic (exact) mass is 327 g/mol. The number of carbonyl (C=O) groups is 2. The Morgan fingerprint density at radius 3 is 2.67 bits per heavy atom. The van der Waals surface area contributed by atoms with E-state index in [1.165, 1.54) is 0 Å². The van der Waals surface area contributed by atoms with E-state index >= 15 is 0 Å². The van der Waals surface area contributed by atoms with Crippen molar-refractivity contribution in [2.24, 2.45) is 11.3 Å². The second-order valence-corrected chi connectivity index (χ2v) is 7.40. The lowest BCUT2D eigenvalue weighted by molar-refractivity contribution is -0.123. The van der Waals surface area contributed by atoms with Crippen LogP contribution in [0.15, 0.2) is 24.3 Å². The van der Waals surface area contributed by atoms with E-state index in [1.807, 2.05) is 29.2 Å². The molecule has 5 heteroatoms. The third-order valence-corrected chi connectivity index (χ3v) is 5.89. The molecule has 1 aliphatic carbocycles. The molecular formula is C19H25N3O2. The third-order valence-electron chi connectivity index (χ3n) is 5.89. The van der Waals surface area contributed by atoms with Crippen LogP contribution in [0.2, 0.25) is 0 Å². The molecule has 0 aromatic heterocycles. The third kappa shape index (κ3) is 2.93. The number of benzene rings is 1. The van der Waals surface area contributed by atoms with E-state index in [9.17, 15) is 9.59 Å². The number of hydrogen-bond acceptors (Lipinski definition) is 3. The van der Waals surface area contributed by atoms with Crippen LogP contribution < -0.4 is 15.5 Å². The summed E-state index contributed by atoms with van der Waals surface area (Å²) in [6.45, 7) is 3.46. The Labute approximate surface area is 142 Å². The zero-order valence-corrected chi connectivity index (χ0v) is 14.0. The molecule has 1 atom stereocenters. The summed E-state index contributed by atoms with van der Waals surface area (Å²) in [5.41, 5.74) is 2.33. The van der Waals surface area contributed by atoms with Gasteiger partial charge in [0, 0.05) is 31.1 Å². The van der Waals surface area contributed by atoms with Gasteiger partial charge < -0.3 is 15.5 Å². The van der Waals surface area contributed by atoms with Gasteiger partial charge in [-0.3, -0.25) is 9.59 Å². The van der Waals surface area contributed by atoms with E-state index in [0.717, 1.165) is 56.6 Å². The average molecular weight is 327 g/mol. The van der Waals surface area contributed by atoms with E-state index in [0.29, 0.717) is 13.0 Å². The predicted octanol–water partition coefficient (Wildman–Crippen LogP) is 1.82. The first kappa shape index (κ1) is 15.6. The Kier molecular flexibility index (Phi) is 4.04. The minimum atomic E-state index is 0.204. The maximum atomic E-state index is 12.4. The fraction of sp³-hybridized carbons (Fsp3) is 0.579. The minimum absolute atomic E-state index is 0.204. The van der Waals surface area contributed by atoms with Gasteiger partial charge in [0.25, 0.3) is 0 Å². The van der Waals surface area contributed by atoms with Gasteiger partial charge >= 0.3 is 0 Å². The molecule has 2 amide bonds. The van der Waals surface area contributed by atoms with E-state index in [4.69, 9.17) is 0 Å². The van der Waals surface area contributed by atoms with Crippen molar-refractivity contribution in [3.05, 3.63) is 29.8 Å². The zero-order valence-electron chi connectivity index (χ0n) is 14.0. The lowest BCUT2D eigenvalue weighted by Gasteiger charge is -2.23. The summed E-state index contributed by atoms with van der Waals surface area (Å²) in [7, 11) is 0. The van der Waals surface area contributed by atoms with Crippen molar-refractivity contribution < 1.29 is 9.59 Å². The van der Waals surface area contributed by atoms with Crippen LogP contribution in [0.25, 0.3) is 0 Å². The summed E-state index contributed by atoms with van der Waals surface area (Å²) in [5, 5.41) is 6.46. The van der Waals surface area contributed by atoms with Crippen molar-refractivity contribution >= 4 is 17.5 Å². The second-order valence-electron chi connectivity index (χ2n) is 7.40. The van der Waals surface area contributed by atoms with E-state index < -0.39 is 0 Å². The fourth-order valence-electron chi connectivity index (χ4n) is 4.22. The van der Waals surface area contributed by atoms with Crippen LogP contribution in [-0.4, -0.2) is 31.4 Å². The molecule has 128 valence electrons. The first-order valence-corrected chi connectivity index (χ1v) is 9.06. The number of nitrogens with zero attached hydrogens (tertiary/aromatic N) is 1. The van der Waals surface area contributed by atoms with E-state index in [1.54, 1.807) is 0 Å². The summed E-state index contributed by atoms with van der Waals surface area (Å²) >= 11 is 0. The lowest BCUT2D eigenvalue weighted by Crippen LogP contribution is -2.33. The van der Waals surface area contributed by atoms with E-state index in [2.05, 4.69) is 10.6 Å². The van der Waals surface area contributed by atoms with Crippen LogP contribution in [0.5, 0.6) is 0 Å². The summed E-state index contributed by atoms with van der Waals surface area (Å²) in [6.07, 6.45) is 4.90. The highest BCUT2D eigenvalue weighted by atomic mass is 16.2. The Bertz CT molecular complexity index is 635. The van der Waals surface area contributed by atoms with Gasteiger partial charge in [-0.1, -0.05) is 12.1 Å². The van der Waals surface area contributed by atoms with Crippen LogP contribution in [0, 0.1) is 11.3 Å². The van der Waals surface area contributed by atoms with Crippen LogP contribution >= 0.6 is 0 Å². The Morgan fingerprint density at radius 1 is 1.25 bits per heavy atom. The number of piperidine rings is 1. The molecule has 24 heavy (non-hydrogen) atoms. The zero-order chi connectivity index (χ0) is 16.6. The van der Waals surface area contributed by atoms with Gasteiger partial charge in [-0.25, -0.2) is 0 Å². The molecule has 2 aliphatic heterocycles. The molecule has 0 bridgehead atoms. The number of rotatable bonds is 4. The van der Waals surface area contributed by atoms with Crippen LogP contribution in [0.4, 0.5) is 5.69 Å². The molecule has 1 aromatic carbocycles. The normalized spacial score (nSPS) is 25.1. The Hall–Kier alpha value is -1.88. The summed E-state index contributed by atoms with van der Waals surface area (Å²) in [5.74, 6) is 0.619. The van der Waals surface area contributed by atoms with Crippen molar-refractivity contribution in [1.82, 2.24) is 10.6 Å². The van der Waals surface area contributed by atoms with Crippen molar-refractivity contribution in [2.75, 3.05) is 24.5 Å². The molecule has 2 N–H and O–H groups in total. The Balaban J connectivity index is 1.30. The maximum Gasteiger partial charge on any atom is 0.227 e. The Morgan fingerprint density at radius 2 is 2.00 bits per heavy atom. The molecule has 2 heterocycles. The van der Waals surface area contributed by atoms with Crippen molar-refractivity contribution in [3.8, 4) is 0 Å². The predicted molar refractivity (Wildman–Crippen MR) is 92.5 cm³/mol. The summed E-state index contributed by atoms with van der Waals surface area (Å²) < 4.78 is 0. The summed E-state index contributed by atoms with van der Waals surface area (Å²) in [6, 6.07) is 7.98. The number of anilines is 1. The molecule has 1 aromatic rings. The number of carbonyl (C=O) groups excluding carboxylic acids is 2. The number of amides is 2. The van der Waals surface area contributed by atoms with Crippen molar-refractivity contribution in [1.29, 1.82) is 0 Å².